The second-order valence-electron chi connectivity index (χ2n) is 5.70. The summed E-state index contributed by atoms with van der Waals surface area (Å²) in [5, 5.41) is 0.744. The predicted molar refractivity (Wildman–Crippen MR) is 90.1 cm³/mol. The number of benzene rings is 1. The second-order valence-corrected chi connectivity index (χ2v) is 7.28. The highest BCUT2D eigenvalue weighted by Gasteiger charge is 2.20. The maximum atomic E-state index is 6.20. The van der Waals surface area contributed by atoms with Crippen molar-refractivity contribution in [1.82, 2.24) is 9.97 Å². The lowest BCUT2D eigenvalue weighted by Gasteiger charge is -2.21. The van der Waals surface area contributed by atoms with Crippen molar-refractivity contribution in [2.45, 2.75) is 32.6 Å². The van der Waals surface area contributed by atoms with E-state index in [2.05, 4.69) is 46.7 Å². The van der Waals surface area contributed by atoms with Gasteiger partial charge >= 0.3 is 0 Å². The summed E-state index contributed by atoms with van der Waals surface area (Å²) in [4.78, 5) is 7.82. The number of halogens is 2. The molecule has 0 aliphatic rings. The smallest absolute Gasteiger partial charge is 0.144 e. The van der Waals surface area contributed by atoms with Crippen LogP contribution in [0.3, 0.4) is 0 Å². The summed E-state index contributed by atoms with van der Waals surface area (Å²) in [6, 6.07) is 7.78. The number of nitrogens with one attached hydrogen (secondary N) is 1. The first kappa shape index (κ1) is 15.7. The van der Waals surface area contributed by atoms with Crippen LogP contribution < -0.4 is 0 Å². The van der Waals surface area contributed by atoms with Crippen LogP contribution in [0, 0.1) is 4.64 Å². The lowest BCUT2D eigenvalue weighted by molar-refractivity contribution is 0.558. The SMILES string of the molecule is CC(C)(C)c1[nH]c(Cc2ccccc2Cl)nc(=S)c1Br. The quantitative estimate of drug-likeness (QED) is 0.712. The molecule has 1 N–H and O–H groups in total. The fourth-order valence-corrected chi connectivity index (χ4v) is 3.13. The molecule has 20 heavy (non-hydrogen) atoms. The predicted octanol–water partition coefficient (Wildman–Crippen LogP) is 5.44. The lowest BCUT2D eigenvalue weighted by atomic mass is 9.92. The molecule has 5 heteroatoms. The third kappa shape index (κ3) is 3.48. The molecule has 2 nitrogen and oxygen atoms in total. The molecule has 0 radical (unpaired) electrons. The van der Waals surface area contributed by atoms with Gasteiger partial charge in [0.05, 0.1) is 4.47 Å². The molecule has 0 unspecified atom stereocenters. The molecule has 0 aliphatic heterocycles. The average Bonchev–Trinajstić information content (AvgIpc) is 2.35. The van der Waals surface area contributed by atoms with Gasteiger partial charge in [0.2, 0.25) is 0 Å². The number of aromatic nitrogens is 2. The molecule has 0 saturated carbocycles. The van der Waals surface area contributed by atoms with Gasteiger partial charge in [-0.2, -0.15) is 0 Å². The van der Waals surface area contributed by atoms with Crippen LogP contribution in [-0.4, -0.2) is 9.97 Å². The van der Waals surface area contributed by atoms with Crippen LogP contribution >= 0.6 is 39.7 Å². The summed E-state index contributed by atoms with van der Waals surface area (Å²) in [7, 11) is 0. The molecule has 0 spiro atoms. The third-order valence-corrected chi connectivity index (χ3v) is 4.68. The molecule has 0 fully saturated rings. The number of rotatable bonds is 2. The van der Waals surface area contributed by atoms with Crippen molar-refractivity contribution < 1.29 is 0 Å². The zero-order valence-corrected chi connectivity index (χ0v) is 14.8. The zero-order valence-electron chi connectivity index (χ0n) is 11.6. The van der Waals surface area contributed by atoms with Crippen molar-refractivity contribution in [3.63, 3.8) is 0 Å². The Morgan fingerprint density at radius 2 is 1.95 bits per heavy atom. The van der Waals surface area contributed by atoms with Crippen molar-refractivity contribution in [1.29, 1.82) is 0 Å². The van der Waals surface area contributed by atoms with Crippen molar-refractivity contribution >= 4 is 39.7 Å². The van der Waals surface area contributed by atoms with Crippen LogP contribution in [-0.2, 0) is 11.8 Å². The van der Waals surface area contributed by atoms with Gasteiger partial charge in [0.25, 0.3) is 0 Å². The van der Waals surface area contributed by atoms with Gasteiger partial charge in [-0.05, 0) is 27.6 Å². The largest absolute Gasteiger partial charge is 0.345 e. The van der Waals surface area contributed by atoms with Crippen molar-refractivity contribution in [3.8, 4) is 0 Å². The molecule has 0 bridgehead atoms. The minimum Gasteiger partial charge on any atom is -0.345 e. The monoisotopic (exact) mass is 370 g/mol. The van der Waals surface area contributed by atoms with Crippen LogP contribution in [0.4, 0.5) is 0 Å². The van der Waals surface area contributed by atoms with E-state index in [0.717, 1.165) is 26.6 Å². The molecule has 0 atom stereocenters. The molecule has 0 amide bonds. The van der Waals surface area contributed by atoms with Gasteiger partial charge in [0.15, 0.2) is 0 Å². The number of nitrogens with zero attached hydrogens (tertiary/aromatic N) is 1. The lowest BCUT2D eigenvalue weighted by Crippen LogP contribution is -2.17. The van der Waals surface area contributed by atoms with Gasteiger partial charge in [0, 0.05) is 22.6 Å². The molecule has 1 heterocycles. The standard InChI is InChI=1S/C15H16BrClN2S/c1-15(2,3)13-12(16)14(20)19-11(18-13)8-9-6-4-5-7-10(9)17/h4-7H,8H2,1-3H3,(H,18,19,20). The molecule has 106 valence electrons. The van der Waals surface area contributed by atoms with E-state index in [0.29, 0.717) is 11.1 Å². The minimum absolute atomic E-state index is 0.0371. The molecular weight excluding hydrogens is 356 g/mol. The molecule has 2 rings (SSSR count). The summed E-state index contributed by atoms with van der Waals surface area (Å²) in [6.45, 7) is 6.41. The van der Waals surface area contributed by atoms with Gasteiger partial charge in [-0.3, -0.25) is 0 Å². The number of H-pyrrole nitrogens is 1. The molecule has 0 aliphatic carbocycles. The van der Waals surface area contributed by atoms with Crippen LogP contribution in [0.1, 0.15) is 37.9 Å². The summed E-state index contributed by atoms with van der Waals surface area (Å²) in [5.41, 5.74) is 2.05. The number of aromatic amines is 1. The normalized spacial score (nSPS) is 11.7. The van der Waals surface area contributed by atoms with E-state index in [1.165, 1.54) is 0 Å². The second kappa shape index (κ2) is 5.96. The fraction of sp³-hybridized carbons (Fsp3) is 0.333. The van der Waals surface area contributed by atoms with Crippen molar-refractivity contribution in [3.05, 3.63) is 55.5 Å². The maximum Gasteiger partial charge on any atom is 0.144 e. The van der Waals surface area contributed by atoms with E-state index in [1.54, 1.807) is 0 Å². The number of hydrogen-bond acceptors (Lipinski definition) is 2. The Labute approximate surface area is 137 Å². The van der Waals surface area contributed by atoms with Gasteiger partial charge in [-0.25, -0.2) is 4.98 Å². The van der Waals surface area contributed by atoms with E-state index in [1.807, 2.05) is 24.3 Å². The zero-order chi connectivity index (χ0) is 14.9. The van der Waals surface area contributed by atoms with E-state index in [9.17, 15) is 0 Å². The Morgan fingerprint density at radius 3 is 2.55 bits per heavy atom. The first-order valence-corrected chi connectivity index (χ1v) is 7.89. The Morgan fingerprint density at radius 1 is 1.30 bits per heavy atom. The first-order valence-electron chi connectivity index (χ1n) is 6.31. The Bertz CT molecular complexity index is 689. The Kier molecular flexibility index (Phi) is 4.67. The third-order valence-electron chi connectivity index (χ3n) is 2.98. The first-order chi connectivity index (χ1) is 9.29. The highest BCUT2D eigenvalue weighted by atomic mass is 79.9. The number of hydrogen-bond donors (Lipinski definition) is 1. The molecule has 2 aromatic rings. The van der Waals surface area contributed by atoms with E-state index in [-0.39, 0.29) is 5.41 Å². The van der Waals surface area contributed by atoms with E-state index >= 15 is 0 Å². The van der Waals surface area contributed by atoms with Crippen LogP contribution in [0.25, 0.3) is 0 Å². The van der Waals surface area contributed by atoms with Crippen LogP contribution in [0.15, 0.2) is 28.7 Å². The summed E-state index contributed by atoms with van der Waals surface area (Å²) in [6.07, 6.45) is 0.639. The molecular formula is C15H16BrClN2S. The highest BCUT2D eigenvalue weighted by Crippen LogP contribution is 2.29. The Balaban J connectivity index is 2.47. The highest BCUT2D eigenvalue weighted by molar-refractivity contribution is 9.10. The summed E-state index contributed by atoms with van der Waals surface area (Å²) < 4.78 is 1.44. The van der Waals surface area contributed by atoms with E-state index in [4.69, 9.17) is 23.8 Å². The molecule has 1 aromatic heterocycles. The summed E-state index contributed by atoms with van der Waals surface area (Å²) >= 11 is 15.1. The average molecular weight is 372 g/mol. The minimum atomic E-state index is -0.0371. The topological polar surface area (TPSA) is 28.7 Å². The van der Waals surface area contributed by atoms with Crippen molar-refractivity contribution in [2.75, 3.05) is 0 Å². The van der Waals surface area contributed by atoms with Gasteiger partial charge in [0.1, 0.15) is 10.5 Å². The van der Waals surface area contributed by atoms with Crippen LogP contribution in [0.2, 0.25) is 5.02 Å². The van der Waals surface area contributed by atoms with E-state index < -0.39 is 0 Å². The molecule has 1 aromatic carbocycles. The Hall–Kier alpha value is -0.710. The van der Waals surface area contributed by atoms with Gasteiger partial charge in [-0.1, -0.05) is 62.8 Å². The summed E-state index contributed by atoms with van der Waals surface area (Å²) in [5.74, 6) is 0.830. The van der Waals surface area contributed by atoms with Gasteiger partial charge < -0.3 is 4.98 Å². The van der Waals surface area contributed by atoms with Crippen LogP contribution in [0.5, 0.6) is 0 Å². The maximum absolute atomic E-state index is 6.20. The fourth-order valence-electron chi connectivity index (χ4n) is 1.93. The molecule has 0 saturated heterocycles. The van der Waals surface area contributed by atoms with Gasteiger partial charge in [-0.15, -0.1) is 0 Å². The van der Waals surface area contributed by atoms with Crippen molar-refractivity contribution in [2.24, 2.45) is 0 Å².